The van der Waals surface area contributed by atoms with Gasteiger partial charge < -0.3 is 15.8 Å². The molecule has 2 aromatic carbocycles. The molecule has 0 aromatic heterocycles. The maximum atomic E-state index is 13.8. The lowest BCUT2D eigenvalue weighted by atomic mass is 9.82. The Kier molecular flexibility index (Phi) is 10.9. The number of guanidine groups is 1. The van der Waals surface area contributed by atoms with Crippen molar-refractivity contribution < 1.29 is 19.1 Å². The first-order valence-electron chi connectivity index (χ1n) is 14.1. The van der Waals surface area contributed by atoms with Crippen LogP contribution < -0.4 is 11.1 Å². The van der Waals surface area contributed by atoms with Crippen molar-refractivity contribution in [1.82, 2.24) is 15.1 Å². The van der Waals surface area contributed by atoms with Crippen LogP contribution in [-0.4, -0.2) is 59.4 Å². The number of benzene rings is 2. The number of imide groups is 1. The minimum absolute atomic E-state index is 0.0463. The van der Waals surface area contributed by atoms with Crippen LogP contribution in [0, 0.1) is 17.2 Å². The van der Waals surface area contributed by atoms with Gasteiger partial charge in [0.1, 0.15) is 5.54 Å². The highest BCUT2D eigenvalue weighted by molar-refractivity contribution is 6.30. The van der Waals surface area contributed by atoms with Crippen molar-refractivity contribution in [2.24, 2.45) is 17.6 Å². The number of methoxy groups -OCH3 is 1. The number of nitrogens with one attached hydrogen (secondary N) is 2. The van der Waals surface area contributed by atoms with Gasteiger partial charge in [0.05, 0.1) is 13.2 Å². The number of amides is 3. The standard InChI is InChI=1S/C31H42ClN5O4/c1-20(2)19-31(23-12-7-6-8-13-23)28(39)36(29(34)35-31)16-10-15-26(21(3)4)37(30(40)41-5)27(38)25(33)18-22-11-9-14-24(32)17-22/h6-9,11-14,17,20-21,25-26H,10,15-16,18-19,33H2,1-5H3,(H2,34,35)/t25-,26+,31+/m0/s1. The Labute approximate surface area is 247 Å². The van der Waals surface area contributed by atoms with Gasteiger partial charge in [-0.1, -0.05) is 81.8 Å². The van der Waals surface area contributed by atoms with Gasteiger partial charge in [-0.3, -0.25) is 19.9 Å². The first-order chi connectivity index (χ1) is 19.4. The lowest BCUT2D eigenvalue weighted by Crippen LogP contribution is -2.54. The van der Waals surface area contributed by atoms with Crippen LogP contribution in [-0.2, 0) is 26.3 Å². The molecule has 9 nitrogen and oxygen atoms in total. The Balaban J connectivity index is 1.76. The van der Waals surface area contributed by atoms with E-state index < -0.39 is 29.6 Å². The van der Waals surface area contributed by atoms with Crippen molar-refractivity contribution in [3.63, 3.8) is 0 Å². The molecule has 0 saturated carbocycles. The molecule has 3 rings (SSSR count). The van der Waals surface area contributed by atoms with Gasteiger partial charge >= 0.3 is 6.09 Å². The van der Waals surface area contributed by atoms with E-state index in [2.05, 4.69) is 19.2 Å². The topological polar surface area (TPSA) is 129 Å². The van der Waals surface area contributed by atoms with E-state index in [1.54, 1.807) is 18.2 Å². The predicted octanol–water partition coefficient (Wildman–Crippen LogP) is 4.92. The number of carbonyl (C=O) groups excluding carboxylic acids is 3. The summed E-state index contributed by atoms with van der Waals surface area (Å²) >= 11 is 6.09. The number of hydrogen-bond acceptors (Lipinski definition) is 6. The Hall–Kier alpha value is -3.43. The molecular formula is C31H42ClN5O4. The molecule has 2 aromatic rings. The van der Waals surface area contributed by atoms with Gasteiger partial charge in [0, 0.05) is 17.6 Å². The molecule has 1 fully saturated rings. The van der Waals surface area contributed by atoms with Crippen LogP contribution in [0.5, 0.6) is 0 Å². The largest absolute Gasteiger partial charge is 0.452 e. The number of carbonyl (C=O) groups is 3. The first-order valence-corrected chi connectivity index (χ1v) is 14.4. The Morgan fingerprint density at radius 3 is 2.39 bits per heavy atom. The molecule has 0 bridgehead atoms. The second kappa shape index (κ2) is 14.0. The van der Waals surface area contributed by atoms with Crippen LogP contribution in [0.25, 0.3) is 0 Å². The van der Waals surface area contributed by atoms with Gasteiger partial charge in [-0.25, -0.2) is 9.69 Å². The number of nitrogens with two attached hydrogens (primary N) is 1. The maximum Gasteiger partial charge on any atom is 0.416 e. The average molecular weight is 584 g/mol. The van der Waals surface area contributed by atoms with E-state index in [0.717, 1.165) is 16.0 Å². The van der Waals surface area contributed by atoms with Crippen molar-refractivity contribution >= 4 is 35.5 Å². The van der Waals surface area contributed by atoms with E-state index in [1.807, 2.05) is 50.2 Å². The molecule has 1 aliphatic rings. The van der Waals surface area contributed by atoms with Crippen LogP contribution >= 0.6 is 11.6 Å². The molecule has 1 aliphatic heterocycles. The quantitative estimate of drug-likeness (QED) is 0.325. The molecule has 3 atom stereocenters. The van der Waals surface area contributed by atoms with Crippen molar-refractivity contribution in [3.8, 4) is 0 Å². The van der Waals surface area contributed by atoms with Gasteiger partial charge in [0.2, 0.25) is 5.91 Å². The highest BCUT2D eigenvalue weighted by Crippen LogP contribution is 2.35. The van der Waals surface area contributed by atoms with Gasteiger partial charge in [-0.05, 0) is 60.8 Å². The summed E-state index contributed by atoms with van der Waals surface area (Å²) in [5.41, 5.74) is 6.88. The van der Waals surface area contributed by atoms with Crippen molar-refractivity contribution in [1.29, 1.82) is 5.41 Å². The molecule has 1 saturated heterocycles. The van der Waals surface area contributed by atoms with E-state index in [4.69, 9.17) is 27.5 Å². The van der Waals surface area contributed by atoms with Crippen LogP contribution in [0.3, 0.4) is 0 Å². The number of ether oxygens (including phenoxy) is 1. The van der Waals surface area contributed by atoms with Crippen LogP contribution in [0.2, 0.25) is 5.02 Å². The van der Waals surface area contributed by atoms with E-state index in [-0.39, 0.29) is 36.7 Å². The zero-order chi connectivity index (χ0) is 30.3. The Morgan fingerprint density at radius 1 is 1.12 bits per heavy atom. The summed E-state index contributed by atoms with van der Waals surface area (Å²) in [5, 5.41) is 12.3. The zero-order valence-electron chi connectivity index (χ0n) is 24.5. The molecule has 4 N–H and O–H groups in total. The number of halogens is 1. The third kappa shape index (κ3) is 7.45. The Morgan fingerprint density at radius 2 is 1.80 bits per heavy atom. The summed E-state index contributed by atoms with van der Waals surface area (Å²) in [7, 11) is 1.23. The normalized spacial score (nSPS) is 18.4. The first kappa shape index (κ1) is 32.1. The SMILES string of the molecule is COC(=O)N(C(=O)[C@@H](N)Cc1cccc(Cl)c1)[C@H](CCCN1C(=N)N[C@](CC(C)C)(c2ccccc2)C1=O)C(C)C. The second-order valence-corrected chi connectivity index (χ2v) is 11.8. The molecule has 10 heteroatoms. The summed E-state index contributed by atoms with van der Waals surface area (Å²) in [5.74, 6) is -0.562. The highest BCUT2D eigenvalue weighted by Gasteiger charge is 2.50. The number of nitrogens with zero attached hydrogens (tertiary/aromatic N) is 2. The molecule has 3 amide bonds. The molecule has 222 valence electrons. The van der Waals surface area contributed by atoms with E-state index in [1.165, 1.54) is 12.0 Å². The van der Waals surface area contributed by atoms with Gasteiger partial charge in [0.15, 0.2) is 5.96 Å². The number of hydrogen-bond donors (Lipinski definition) is 3. The molecule has 1 heterocycles. The van der Waals surface area contributed by atoms with Crippen molar-refractivity contribution in [2.45, 2.75) is 71.0 Å². The van der Waals surface area contributed by atoms with Gasteiger partial charge in [-0.2, -0.15) is 0 Å². The molecule has 41 heavy (non-hydrogen) atoms. The van der Waals surface area contributed by atoms with Crippen LogP contribution in [0.15, 0.2) is 54.6 Å². The summed E-state index contributed by atoms with van der Waals surface area (Å²) < 4.78 is 4.99. The summed E-state index contributed by atoms with van der Waals surface area (Å²) in [6.07, 6.45) is 0.831. The molecule has 0 aliphatic carbocycles. The average Bonchev–Trinajstić information content (AvgIpc) is 3.16. The third-order valence-electron chi connectivity index (χ3n) is 7.45. The second-order valence-electron chi connectivity index (χ2n) is 11.4. The summed E-state index contributed by atoms with van der Waals surface area (Å²) in [6.45, 7) is 8.20. The lowest BCUT2D eigenvalue weighted by Gasteiger charge is -2.34. The molecule has 0 unspecified atom stereocenters. The zero-order valence-corrected chi connectivity index (χ0v) is 25.3. The van der Waals surface area contributed by atoms with Crippen molar-refractivity contribution in [2.75, 3.05) is 13.7 Å². The fourth-order valence-electron chi connectivity index (χ4n) is 5.55. The fraction of sp³-hybridized carbons (Fsp3) is 0.484. The van der Waals surface area contributed by atoms with Crippen LogP contribution in [0.4, 0.5) is 4.79 Å². The summed E-state index contributed by atoms with van der Waals surface area (Å²) in [6, 6.07) is 15.1. The fourth-order valence-corrected chi connectivity index (χ4v) is 5.76. The molecule has 0 radical (unpaired) electrons. The Bertz CT molecular complexity index is 1240. The van der Waals surface area contributed by atoms with Gasteiger partial charge in [0.25, 0.3) is 5.91 Å². The van der Waals surface area contributed by atoms with Gasteiger partial charge in [-0.15, -0.1) is 0 Å². The van der Waals surface area contributed by atoms with Crippen LogP contribution in [0.1, 0.15) is 58.1 Å². The number of rotatable bonds is 12. The predicted molar refractivity (Wildman–Crippen MR) is 160 cm³/mol. The monoisotopic (exact) mass is 583 g/mol. The smallest absolute Gasteiger partial charge is 0.416 e. The minimum Gasteiger partial charge on any atom is -0.452 e. The minimum atomic E-state index is -1.01. The lowest BCUT2D eigenvalue weighted by molar-refractivity contribution is -0.134. The van der Waals surface area contributed by atoms with E-state index in [9.17, 15) is 14.4 Å². The molecule has 0 spiro atoms. The highest BCUT2D eigenvalue weighted by atomic mass is 35.5. The van der Waals surface area contributed by atoms with E-state index in [0.29, 0.717) is 24.3 Å². The molecular weight excluding hydrogens is 542 g/mol. The summed E-state index contributed by atoms with van der Waals surface area (Å²) in [4.78, 5) is 42.8. The third-order valence-corrected chi connectivity index (χ3v) is 7.68. The maximum absolute atomic E-state index is 13.8. The van der Waals surface area contributed by atoms with E-state index >= 15 is 0 Å². The van der Waals surface area contributed by atoms with Crippen molar-refractivity contribution in [3.05, 3.63) is 70.7 Å².